The summed E-state index contributed by atoms with van der Waals surface area (Å²) < 4.78 is 0. The van der Waals surface area contributed by atoms with Gasteiger partial charge in [-0.05, 0) is 24.8 Å². The summed E-state index contributed by atoms with van der Waals surface area (Å²) in [5.41, 5.74) is 1.21. The molecule has 2 fully saturated rings. The first-order valence-corrected chi connectivity index (χ1v) is 5.95. The van der Waals surface area contributed by atoms with E-state index in [1.165, 1.54) is 12.0 Å². The van der Waals surface area contributed by atoms with Crippen molar-refractivity contribution in [2.75, 3.05) is 0 Å². The van der Waals surface area contributed by atoms with Crippen LogP contribution in [0.3, 0.4) is 0 Å². The standard InChI is InChI=1S/C13H16N2O/c16-13-14-11-7-4-8-12(11)15(13)9-10-5-2-1-3-6-10/h1-3,5-6,11-12H,4,7-9H2,(H,14,16). The topological polar surface area (TPSA) is 32.3 Å². The largest absolute Gasteiger partial charge is 0.333 e. The maximum absolute atomic E-state index is 11.8. The molecule has 1 aliphatic heterocycles. The van der Waals surface area contributed by atoms with E-state index < -0.39 is 0 Å². The molecular weight excluding hydrogens is 200 g/mol. The van der Waals surface area contributed by atoms with Crippen LogP contribution >= 0.6 is 0 Å². The second-order valence-electron chi connectivity index (χ2n) is 4.67. The third-order valence-corrected chi connectivity index (χ3v) is 3.65. The molecule has 0 radical (unpaired) electrons. The van der Waals surface area contributed by atoms with Gasteiger partial charge in [-0.15, -0.1) is 0 Å². The minimum Gasteiger partial charge on any atom is -0.333 e. The molecule has 1 N–H and O–H groups in total. The van der Waals surface area contributed by atoms with Gasteiger partial charge in [0.15, 0.2) is 0 Å². The van der Waals surface area contributed by atoms with Crippen molar-refractivity contribution in [3.8, 4) is 0 Å². The average molecular weight is 216 g/mol. The summed E-state index contributed by atoms with van der Waals surface area (Å²) in [4.78, 5) is 13.8. The molecule has 1 saturated heterocycles. The fourth-order valence-corrected chi connectivity index (χ4v) is 2.84. The molecule has 0 bridgehead atoms. The van der Waals surface area contributed by atoms with Crippen LogP contribution in [-0.2, 0) is 6.54 Å². The number of carbonyl (C=O) groups excluding carboxylic acids is 1. The zero-order chi connectivity index (χ0) is 11.0. The van der Waals surface area contributed by atoms with Gasteiger partial charge in [-0.2, -0.15) is 0 Å². The smallest absolute Gasteiger partial charge is 0.318 e. The molecule has 84 valence electrons. The number of carbonyl (C=O) groups is 1. The first-order chi connectivity index (χ1) is 7.84. The van der Waals surface area contributed by atoms with Crippen molar-refractivity contribution < 1.29 is 4.79 Å². The number of nitrogens with zero attached hydrogens (tertiary/aromatic N) is 1. The van der Waals surface area contributed by atoms with Crippen molar-refractivity contribution in [2.24, 2.45) is 0 Å². The van der Waals surface area contributed by atoms with Gasteiger partial charge in [0.25, 0.3) is 0 Å². The molecule has 2 atom stereocenters. The fraction of sp³-hybridized carbons (Fsp3) is 0.462. The number of nitrogens with one attached hydrogen (secondary N) is 1. The average Bonchev–Trinajstić information content (AvgIpc) is 2.84. The van der Waals surface area contributed by atoms with Crippen LogP contribution in [0.25, 0.3) is 0 Å². The molecule has 2 amide bonds. The summed E-state index contributed by atoms with van der Waals surface area (Å²) in [6, 6.07) is 11.1. The van der Waals surface area contributed by atoms with Gasteiger partial charge in [0, 0.05) is 6.54 Å². The first kappa shape index (κ1) is 9.70. The third-order valence-electron chi connectivity index (χ3n) is 3.65. The molecule has 2 aliphatic rings. The summed E-state index contributed by atoms with van der Waals surface area (Å²) in [6.45, 7) is 0.744. The monoisotopic (exact) mass is 216 g/mol. The number of hydrogen-bond acceptors (Lipinski definition) is 1. The predicted octanol–water partition coefficient (Wildman–Crippen LogP) is 2.13. The summed E-state index contributed by atoms with van der Waals surface area (Å²) in [5.74, 6) is 0. The van der Waals surface area contributed by atoms with E-state index in [2.05, 4.69) is 17.4 Å². The molecular formula is C13H16N2O. The van der Waals surface area contributed by atoms with E-state index in [4.69, 9.17) is 0 Å². The SMILES string of the molecule is O=C1NC2CCCC2N1Cc1ccccc1. The number of fused-ring (bicyclic) bond motifs is 1. The predicted molar refractivity (Wildman–Crippen MR) is 61.9 cm³/mol. The van der Waals surface area contributed by atoms with Crippen LogP contribution in [0, 0.1) is 0 Å². The second kappa shape index (κ2) is 3.81. The Labute approximate surface area is 95.4 Å². The summed E-state index contributed by atoms with van der Waals surface area (Å²) in [5, 5.41) is 3.07. The Kier molecular flexibility index (Phi) is 2.31. The minimum absolute atomic E-state index is 0.110. The van der Waals surface area contributed by atoms with E-state index >= 15 is 0 Å². The van der Waals surface area contributed by atoms with Gasteiger partial charge in [-0.1, -0.05) is 30.3 Å². The maximum atomic E-state index is 11.8. The van der Waals surface area contributed by atoms with E-state index in [1.54, 1.807) is 0 Å². The van der Waals surface area contributed by atoms with Crippen LogP contribution < -0.4 is 5.32 Å². The Bertz CT molecular complexity index is 390. The Hall–Kier alpha value is -1.51. The summed E-state index contributed by atoms with van der Waals surface area (Å²) in [6.07, 6.45) is 3.53. The number of urea groups is 1. The van der Waals surface area contributed by atoms with E-state index in [0.717, 1.165) is 19.4 Å². The lowest BCUT2D eigenvalue weighted by Gasteiger charge is -2.21. The Morgan fingerprint density at radius 1 is 1.25 bits per heavy atom. The number of rotatable bonds is 2. The van der Waals surface area contributed by atoms with Crippen molar-refractivity contribution >= 4 is 6.03 Å². The molecule has 16 heavy (non-hydrogen) atoms. The lowest BCUT2D eigenvalue weighted by Crippen LogP contribution is -2.33. The lowest BCUT2D eigenvalue weighted by molar-refractivity contribution is 0.199. The van der Waals surface area contributed by atoms with Crippen LogP contribution in [0.2, 0.25) is 0 Å². The highest BCUT2D eigenvalue weighted by Gasteiger charge is 2.41. The Morgan fingerprint density at radius 2 is 2.06 bits per heavy atom. The zero-order valence-electron chi connectivity index (χ0n) is 9.23. The van der Waals surface area contributed by atoms with Gasteiger partial charge < -0.3 is 10.2 Å². The zero-order valence-corrected chi connectivity index (χ0v) is 9.23. The molecule has 1 saturated carbocycles. The molecule has 3 nitrogen and oxygen atoms in total. The van der Waals surface area contributed by atoms with Crippen molar-refractivity contribution in [1.29, 1.82) is 0 Å². The normalized spacial score (nSPS) is 28.0. The van der Waals surface area contributed by atoms with Gasteiger partial charge >= 0.3 is 6.03 Å². The lowest BCUT2D eigenvalue weighted by atomic mass is 10.1. The second-order valence-corrected chi connectivity index (χ2v) is 4.67. The van der Waals surface area contributed by atoms with Crippen molar-refractivity contribution in [2.45, 2.75) is 37.9 Å². The van der Waals surface area contributed by atoms with Gasteiger partial charge in [0.2, 0.25) is 0 Å². The summed E-state index contributed by atoms with van der Waals surface area (Å²) >= 11 is 0. The van der Waals surface area contributed by atoms with Crippen LogP contribution in [0.5, 0.6) is 0 Å². The van der Waals surface area contributed by atoms with Crippen molar-refractivity contribution in [3.63, 3.8) is 0 Å². The third kappa shape index (κ3) is 1.56. The van der Waals surface area contributed by atoms with E-state index in [-0.39, 0.29) is 6.03 Å². The number of amides is 2. The molecule has 0 spiro atoms. The molecule has 1 aromatic rings. The van der Waals surface area contributed by atoms with Gasteiger partial charge in [0.05, 0.1) is 12.1 Å². The first-order valence-electron chi connectivity index (χ1n) is 5.95. The van der Waals surface area contributed by atoms with Gasteiger partial charge in [-0.3, -0.25) is 0 Å². The quantitative estimate of drug-likeness (QED) is 0.807. The number of hydrogen-bond donors (Lipinski definition) is 1. The van der Waals surface area contributed by atoms with Crippen molar-refractivity contribution in [1.82, 2.24) is 10.2 Å². The van der Waals surface area contributed by atoms with Crippen molar-refractivity contribution in [3.05, 3.63) is 35.9 Å². The van der Waals surface area contributed by atoms with Crippen LogP contribution in [0.4, 0.5) is 4.79 Å². The van der Waals surface area contributed by atoms with Gasteiger partial charge in [-0.25, -0.2) is 4.79 Å². The maximum Gasteiger partial charge on any atom is 0.318 e. The molecule has 0 aromatic heterocycles. The highest BCUT2D eigenvalue weighted by molar-refractivity contribution is 5.77. The van der Waals surface area contributed by atoms with Gasteiger partial charge in [0.1, 0.15) is 0 Å². The van der Waals surface area contributed by atoms with E-state index in [1.807, 2.05) is 23.1 Å². The Balaban J connectivity index is 1.77. The molecule has 1 aliphatic carbocycles. The highest BCUT2D eigenvalue weighted by atomic mass is 16.2. The minimum atomic E-state index is 0.110. The molecule has 1 aromatic carbocycles. The molecule has 3 heteroatoms. The molecule has 1 heterocycles. The van der Waals surface area contributed by atoms with E-state index in [0.29, 0.717) is 12.1 Å². The fourth-order valence-electron chi connectivity index (χ4n) is 2.84. The van der Waals surface area contributed by atoms with E-state index in [9.17, 15) is 4.79 Å². The van der Waals surface area contributed by atoms with Crippen LogP contribution in [0.15, 0.2) is 30.3 Å². The number of benzene rings is 1. The Morgan fingerprint density at radius 3 is 2.88 bits per heavy atom. The molecule has 2 unspecified atom stereocenters. The molecule has 3 rings (SSSR count). The van der Waals surface area contributed by atoms with Crippen LogP contribution in [-0.4, -0.2) is 23.0 Å². The summed E-state index contributed by atoms with van der Waals surface area (Å²) in [7, 11) is 0. The highest BCUT2D eigenvalue weighted by Crippen LogP contribution is 2.30. The van der Waals surface area contributed by atoms with Crippen LogP contribution in [0.1, 0.15) is 24.8 Å².